The van der Waals surface area contributed by atoms with Crippen molar-refractivity contribution in [1.82, 2.24) is 10.1 Å². The summed E-state index contributed by atoms with van der Waals surface area (Å²) in [6.07, 6.45) is 4.95. The number of aryl methyl sites for hydroxylation is 1. The number of rotatable bonds is 9. The number of aromatic nitrogens is 2. The zero-order valence-corrected chi connectivity index (χ0v) is 17.5. The van der Waals surface area contributed by atoms with Gasteiger partial charge >= 0.3 is 0 Å². The molecule has 1 aliphatic heterocycles. The summed E-state index contributed by atoms with van der Waals surface area (Å²) in [4.78, 5) is 17.8. The summed E-state index contributed by atoms with van der Waals surface area (Å²) in [5, 5.41) is 8.91. The largest absolute Gasteiger partial charge is 0.489 e. The normalized spacial score (nSPS) is 16.3. The van der Waals surface area contributed by atoms with Gasteiger partial charge < -0.3 is 19.3 Å². The van der Waals surface area contributed by atoms with Crippen molar-refractivity contribution in [2.45, 2.75) is 44.6 Å². The van der Waals surface area contributed by atoms with Crippen molar-refractivity contribution < 1.29 is 18.8 Å². The second kappa shape index (κ2) is 10.4. The second-order valence-electron chi connectivity index (χ2n) is 7.19. The van der Waals surface area contributed by atoms with Gasteiger partial charge in [0.2, 0.25) is 17.6 Å². The van der Waals surface area contributed by atoms with Crippen LogP contribution in [0.3, 0.4) is 0 Å². The predicted molar refractivity (Wildman–Crippen MR) is 115 cm³/mol. The molecule has 3 aromatic rings. The highest BCUT2D eigenvalue weighted by Gasteiger charge is 2.16. The Bertz CT molecular complexity index is 936. The lowest BCUT2D eigenvalue weighted by molar-refractivity contribution is -0.116. The average molecular weight is 428 g/mol. The molecule has 0 bridgehead atoms. The van der Waals surface area contributed by atoms with E-state index >= 15 is 0 Å². The summed E-state index contributed by atoms with van der Waals surface area (Å²) >= 11 is 1.56. The van der Waals surface area contributed by atoms with Crippen molar-refractivity contribution in [2.24, 2.45) is 0 Å². The summed E-state index contributed by atoms with van der Waals surface area (Å²) in [7, 11) is 0. The molecule has 0 spiro atoms. The molecule has 1 unspecified atom stereocenters. The molecule has 1 amide bonds. The summed E-state index contributed by atoms with van der Waals surface area (Å²) in [6, 6.07) is 11.4. The molecule has 30 heavy (non-hydrogen) atoms. The van der Waals surface area contributed by atoms with Crippen LogP contribution in [0, 0.1) is 0 Å². The standard InChI is InChI=1S/C22H25N3O4S/c26-20(11-5-12-21-24-22(25-29-21)19-10-6-14-30-19)23-17-8-1-2-9-18(17)28-15-16-7-3-4-13-27-16/h1-2,6,8-10,14,16H,3-5,7,11-13,15H2,(H,23,26). The molecule has 1 saturated heterocycles. The summed E-state index contributed by atoms with van der Waals surface area (Å²) in [5.41, 5.74) is 0.677. The molecule has 1 aromatic carbocycles. The first-order valence-electron chi connectivity index (χ1n) is 10.3. The molecule has 1 aliphatic rings. The number of amides is 1. The molecule has 8 heteroatoms. The zero-order chi connectivity index (χ0) is 20.6. The van der Waals surface area contributed by atoms with E-state index in [1.165, 1.54) is 6.42 Å². The first-order valence-corrected chi connectivity index (χ1v) is 11.2. The number of carbonyl (C=O) groups excluding carboxylic acids is 1. The highest BCUT2D eigenvalue weighted by atomic mass is 32.1. The molecule has 1 N–H and O–H groups in total. The highest BCUT2D eigenvalue weighted by Crippen LogP contribution is 2.25. The molecule has 1 atom stereocenters. The van der Waals surface area contributed by atoms with E-state index in [1.807, 2.05) is 41.8 Å². The Balaban J connectivity index is 1.24. The Morgan fingerprint density at radius 1 is 1.23 bits per heavy atom. The Morgan fingerprint density at radius 3 is 3.00 bits per heavy atom. The molecule has 3 heterocycles. The molecule has 7 nitrogen and oxygen atoms in total. The number of benzene rings is 1. The third-order valence-electron chi connectivity index (χ3n) is 4.86. The minimum absolute atomic E-state index is 0.0713. The van der Waals surface area contributed by atoms with Gasteiger partial charge in [0.15, 0.2) is 0 Å². The van der Waals surface area contributed by atoms with Gasteiger partial charge in [0.1, 0.15) is 12.4 Å². The van der Waals surface area contributed by atoms with Crippen molar-refractivity contribution in [3.63, 3.8) is 0 Å². The number of hydrogen-bond donors (Lipinski definition) is 1. The van der Waals surface area contributed by atoms with E-state index in [-0.39, 0.29) is 12.0 Å². The van der Waals surface area contributed by atoms with Crippen molar-refractivity contribution in [2.75, 3.05) is 18.5 Å². The molecule has 158 valence electrons. The molecule has 0 radical (unpaired) electrons. The quantitative estimate of drug-likeness (QED) is 0.532. The van der Waals surface area contributed by atoms with Gasteiger partial charge in [0.25, 0.3) is 0 Å². The van der Waals surface area contributed by atoms with E-state index in [0.29, 0.717) is 49.0 Å². The Morgan fingerprint density at radius 2 is 2.17 bits per heavy atom. The van der Waals surface area contributed by atoms with Crippen LogP contribution >= 0.6 is 11.3 Å². The van der Waals surface area contributed by atoms with Gasteiger partial charge in [-0.3, -0.25) is 4.79 Å². The first kappa shape index (κ1) is 20.6. The van der Waals surface area contributed by atoms with Gasteiger partial charge in [0, 0.05) is 19.4 Å². The minimum Gasteiger partial charge on any atom is -0.489 e. The lowest BCUT2D eigenvalue weighted by Crippen LogP contribution is -2.26. The number of carbonyl (C=O) groups is 1. The van der Waals surface area contributed by atoms with Crippen LogP contribution in [0.25, 0.3) is 10.7 Å². The van der Waals surface area contributed by atoms with Crippen LogP contribution in [0.4, 0.5) is 5.69 Å². The monoisotopic (exact) mass is 427 g/mol. The van der Waals surface area contributed by atoms with Crippen LogP contribution in [0.5, 0.6) is 5.75 Å². The lowest BCUT2D eigenvalue weighted by Gasteiger charge is -2.23. The molecule has 2 aromatic heterocycles. The number of para-hydroxylation sites is 2. The van der Waals surface area contributed by atoms with Gasteiger partial charge in [-0.2, -0.15) is 4.98 Å². The molecule has 1 fully saturated rings. The Kier molecular flexibility index (Phi) is 7.10. The summed E-state index contributed by atoms with van der Waals surface area (Å²) in [5.74, 6) is 1.73. The molecular formula is C22H25N3O4S. The number of anilines is 1. The minimum atomic E-state index is -0.0713. The van der Waals surface area contributed by atoms with E-state index in [4.69, 9.17) is 14.0 Å². The van der Waals surface area contributed by atoms with Crippen molar-refractivity contribution in [1.29, 1.82) is 0 Å². The van der Waals surface area contributed by atoms with E-state index in [9.17, 15) is 4.79 Å². The zero-order valence-electron chi connectivity index (χ0n) is 16.7. The van der Waals surface area contributed by atoms with Crippen LogP contribution in [-0.4, -0.2) is 35.4 Å². The number of thiophene rings is 1. The Labute approximate surface area is 179 Å². The van der Waals surface area contributed by atoms with Crippen LogP contribution in [0.2, 0.25) is 0 Å². The van der Waals surface area contributed by atoms with Gasteiger partial charge in [0.05, 0.1) is 16.7 Å². The van der Waals surface area contributed by atoms with Gasteiger partial charge in [-0.1, -0.05) is 23.4 Å². The smallest absolute Gasteiger partial charge is 0.226 e. The second-order valence-corrected chi connectivity index (χ2v) is 8.13. The number of ether oxygens (including phenoxy) is 2. The topological polar surface area (TPSA) is 86.5 Å². The van der Waals surface area contributed by atoms with Gasteiger partial charge in [-0.25, -0.2) is 0 Å². The average Bonchev–Trinajstić information content (AvgIpc) is 3.46. The fourth-order valence-corrected chi connectivity index (χ4v) is 3.94. The summed E-state index contributed by atoms with van der Waals surface area (Å²) < 4.78 is 16.9. The van der Waals surface area contributed by atoms with Crippen LogP contribution in [-0.2, 0) is 16.0 Å². The maximum absolute atomic E-state index is 12.4. The first-order chi connectivity index (χ1) is 14.8. The summed E-state index contributed by atoms with van der Waals surface area (Å²) in [6.45, 7) is 1.29. The van der Waals surface area contributed by atoms with Crippen molar-refractivity contribution in [3.05, 3.63) is 47.7 Å². The van der Waals surface area contributed by atoms with E-state index in [0.717, 1.165) is 24.3 Å². The molecular weight excluding hydrogens is 402 g/mol. The molecule has 4 rings (SSSR count). The van der Waals surface area contributed by atoms with Crippen molar-refractivity contribution >= 4 is 22.9 Å². The predicted octanol–water partition coefficient (Wildman–Crippen LogP) is 4.71. The Hall–Kier alpha value is -2.71. The maximum Gasteiger partial charge on any atom is 0.226 e. The van der Waals surface area contributed by atoms with Crippen LogP contribution in [0.1, 0.15) is 38.0 Å². The lowest BCUT2D eigenvalue weighted by atomic mass is 10.1. The van der Waals surface area contributed by atoms with E-state index < -0.39 is 0 Å². The van der Waals surface area contributed by atoms with Crippen molar-refractivity contribution in [3.8, 4) is 16.5 Å². The van der Waals surface area contributed by atoms with Gasteiger partial charge in [-0.05, 0) is 49.3 Å². The third-order valence-corrected chi connectivity index (χ3v) is 5.73. The molecule has 0 aliphatic carbocycles. The maximum atomic E-state index is 12.4. The molecule has 0 saturated carbocycles. The van der Waals surface area contributed by atoms with Crippen LogP contribution in [0.15, 0.2) is 46.3 Å². The number of hydrogen-bond acceptors (Lipinski definition) is 7. The van der Waals surface area contributed by atoms with Crippen LogP contribution < -0.4 is 10.1 Å². The number of nitrogens with one attached hydrogen (secondary N) is 1. The number of nitrogens with zero attached hydrogens (tertiary/aromatic N) is 2. The fourth-order valence-electron chi connectivity index (χ4n) is 3.29. The SMILES string of the molecule is O=C(CCCc1nc(-c2cccs2)no1)Nc1ccccc1OCC1CCCCO1. The van der Waals surface area contributed by atoms with E-state index in [1.54, 1.807) is 11.3 Å². The highest BCUT2D eigenvalue weighted by molar-refractivity contribution is 7.13. The van der Waals surface area contributed by atoms with Gasteiger partial charge in [-0.15, -0.1) is 11.3 Å². The fraction of sp³-hybridized carbons (Fsp3) is 0.409. The van der Waals surface area contributed by atoms with E-state index in [2.05, 4.69) is 15.5 Å². The third kappa shape index (κ3) is 5.67.